The first kappa shape index (κ1) is 23.1. The van der Waals surface area contributed by atoms with E-state index in [2.05, 4.69) is 9.97 Å². The van der Waals surface area contributed by atoms with Crippen LogP contribution in [0.5, 0.6) is 0 Å². The molecule has 10 heteroatoms. The lowest BCUT2D eigenvalue weighted by molar-refractivity contribution is -0.118. The molecule has 0 radical (unpaired) electrons. The van der Waals surface area contributed by atoms with Crippen molar-refractivity contribution < 1.29 is 22.7 Å². The zero-order valence-electron chi connectivity index (χ0n) is 17.9. The minimum absolute atomic E-state index is 0.00756. The van der Waals surface area contributed by atoms with Crippen molar-refractivity contribution >= 4 is 38.9 Å². The Kier molecular flexibility index (Phi) is 7.09. The van der Waals surface area contributed by atoms with Gasteiger partial charge in [0.1, 0.15) is 18.6 Å². The maximum Gasteiger partial charge on any atom is 0.232 e. The van der Waals surface area contributed by atoms with Gasteiger partial charge in [0, 0.05) is 25.1 Å². The highest BCUT2D eigenvalue weighted by Gasteiger charge is 2.30. The van der Waals surface area contributed by atoms with Crippen LogP contribution in [0.2, 0.25) is 5.02 Å². The van der Waals surface area contributed by atoms with Crippen LogP contribution in [-0.4, -0.2) is 43.9 Å². The number of hydrogen-bond acceptors (Lipinski definition) is 7. The van der Waals surface area contributed by atoms with E-state index in [0.29, 0.717) is 36.1 Å². The smallest absolute Gasteiger partial charge is 0.232 e. The molecule has 1 aliphatic carbocycles. The van der Waals surface area contributed by atoms with Crippen LogP contribution in [0, 0.1) is 5.92 Å². The molecule has 2 aromatic rings. The number of carbonyl (C=O) groups is 1. The molecular formula is C22H26ClN3O5S. The fraction of sp³-hybridized carbons (Fsp3) is 0.500. The highest BCUT2D eigenvalue weighted by Crippen LogP contribution is 2.36. The lowest BCUT2D eigenvalue weighted by atomic mass is 10.0. The molecule has 2 aliphatic rings. The van der Waals surface area contributed by atoms with E-state index in [1.54, 1.807) is 12.3 Å². The lowest BCUT2D eigenvalue weighted by Gasteiger charge is -2.25. The van der Waals surface area contributed by atoms with E-state index in [1.165, 1.54) is 36.1 Å². The Bertz CT molecular complexity index is 1080. The number of amides is 1. The zero-order chi connectivity index (χ0) is 22.7. The predicted molar refractivity (Wildman–Crippen MR) is 120 cm³/mol. The van der Waals surface area contributed by atoms with Crippen LogP contribution in [0.4, 0.5) is 11.5 Å². The normalized spacial score (nSPS) is 19.4. The molecule has 1 aromatic heterocycles. The van der Waals surface area contributed by atoms with Crippen molar-refractivity contribution in [1.29, 1.82) is 0 Å². The molecule has 1 saturated carbocycles. The van der Waals surface area contributed by atoms with Crippen LogP contribution in [0.3, 0.4) is 0 Å². The summed E-state index contributed by atoms with van der Waals surface area (Å²) in [6, 6.07) is 4.46. The Morgan fingerprint density at radius 1 is 1.22 bits per heavy atom. The number of benzene rings is 1. The summed E-state index contributed by atoms with van der Waals surface area (Å²) in [5.41, 5.74) is 0.919. The number of halogens is 1. The highest BCUT2D eigenvalue weighted by atomic mass is 35.5. The average Bonchev–Trinajstić information content (AvgIpc) is 3.46. The molecule has 0 unspecified atom stereocenters. The van der Waals surface area contributed by atoms with Crippen molar-refractivity contribution in [3.05, 3.63) is 41.3 Å². The van der Waals surface area contributed by atoms with Gasteiger partial charge >= 0.3 is 0 Å². The van der Waals surface area contributed by atoms with Crippen LogP contribution in [-0.2, 0) is 24.1 Å². The summed E-state index contributed by atoms with van der Waals surface area (Å²) in [5, 5.41) is 0.0458. The van der Waals surface area contributed by atoms with Gasteiger partial charge in [0.2, 0.25) is 5.91 Å². The minimum atomic E-state index is -3.50. The van der Waals surface area contributed by atoms with E-state index in [1.807, 2.05) is 0 Å². The molecule has 8 nitrogen and oxygen atoms in total. The second-order valence-corrected chi connectivity index (χ2v) is 10.6. The molecule has 4 rings (SSSR count). The molecule has 1 atom stereocenters. The van der Waals surface area contributed by atoms with Crippen molar-refractivity contribution in [3.63, 3.8) is 0 Å². The first-order valence-electron chi connectivity index (χ1n) is 10.7. The van der Waals surface area contributed by atoms with Crippen molar-refractivity contribution in [2.45, 2.75) is 49.5 Å². The van der Waals surface area contributed by atoms with Crippen LogP contribution in [0.15, 0.2) is 35.5 Å². The number of rotatable bonds is 7. The van der Waals surface area contributed by atoms with Gasteiger partial charge in [-0.1, -0.05) is 37.3 Å². The Balaban J connectivity index is 1.72. The number of ether oxygens (including phenoxy) is 2. The second kappa shape index (κ2) is 9.82. The number of carbonyl (C=O) groups excluding carboxylic acids is 1. The summed E-state index contributed by atoms with van der Waals surface area (Å²) in [6.45, 7) is 0.453. The Morgan fingerprint density at radius 3 is 2.62 bits per heavy atom. The standard InChI is InChI=1S/C22H26ClN3O5S/c1-32(28,29)19-8-7-16(12-17(19)23)26(20(27)9-6-15-4-2-3-5-15)22-21(24-10-11-25-22)18-13-30-14-31-18/h7-8,10-12,15,18H,2-6,9,13-14H2,1H3/t18-/m0/s1. The summed E-state index contributed by atoms with van der Waals surface area (Å²) in [6.07, 6.45) is 9.54. The predicted octanol–water partition coefficient (Wildman–Crippen LogP) is 4.21. The number of aromatic nitrogens is 2. The number of sulfone groups is 1. The summed E-state index contributed by atoms with van der Waals surface area (Å²) in [7, 11) is -3.50. The highest BCUT2D eigenvalue weighted by molar-refractivity contribution is 7.90. The summed E-state index contributed by atoms with van der Waals surface area (Å²) >= 11 is 6.30. The molecule has 1 amide bonds. The van der Waals surface area contributed by atoms with E-state index < -0.39 is 15.9 Å². The number of hydrogen-bond donors (Lipinski definition) is 0. The third-order valence-electron chi connectivity index (χ3n) is 5.91. The fourth-order valence-electron chi connectivity index (χ4n) is 4.28. The van der Waals surface area contributed by atoms with Crippen LogP contribution in [0.1, 0.15) is 50.3 Å². The van der Waals surface area contributed by atoms with Gasteiger partial charge < -0.3 is 9.47 Å². The largest absolute Gasteiger partial charge is 0.352 e. The fourth-order valence-corrected chi connectivity index (χ4v) is 5.61. The average molecular weight is 480 g/mol. The number of nitrogens with zero attached hydrogens (tertiary/aromatic N) is 3. The van der Waals surface area contributed by atoms with Gasteiger partial charge in [-0.15, -0.1) is 0 Å². The maximum absolute atomic E-state index is 13.5. The van der Waals surface area contributed by atoms with Crippen LogP contribution >= 0.6 is 11.6 Å². The molecule has 1 aliphatic heterocycles. The van der Waals surface area contributed by atoms with Crippen LogP contribution in [0.25, 0.3) is 0 Å². The molecule has 32 heavy (non-hydrogen) atoms. The third-order valence-corrected chi connectivity index (χ3v) is 7.49. The molecule has 1 aromatic carbocycles. The van der Waals surface area contributed by atoms with E-state index in [-0.39, 0.29) is 22.6 Å². The van der Waals surface area contributed by atoms with E-state index in [0.717, 1.165) is 25.5 Å². The molecule has 0 bridgehead atoms. The molecule has 2 heterocycles. The molecular weight excluding hydrogens is 454 g/mol. The quantitative estimate of drug-likeness (QED) is 0.586. The molecule has 2 fully saturated rings. The van der Waals surface area contributed by atoms with E-state index in [9.17, 15) is 13.2 Å². The lowest BCUT2D eigenvalue weighted by Crippen LogP contribution is -2.29. The van der Waals surface area contributed by atoms with Crippen molar-refractivity contribution in [2.24, 2.45) is 5.92 Å². The summed E-state index contributed by atoms with van der Waals surface area (Å²) in [4.78, 5) is 23.8. The first-order chi connectivity index (χ1) is 15.3. The second-order valence-electron chi connectivity index (χ2n) is 8.21. The molecule has 1 saturated heterocycles. The topological polar surface area (TPSA) is 98.7 Å². The minimum Gasteiger partial charge on any atom is -0.352 e. The van der Waals surface area contributed by atoms with E-state index in [4.69, 9.17) is 21.1 Å². The van der Waals surface area contributed by atoms with Gasteiger partial charge in [0.05, 0.1) is 22.2 Å². The van der Waals surface area contributed by atoms with Crippen molar-refractivity contribution in [1.82, 2.24) is 9.97 Å². The van der Waals surface area contributed by atoms with Gasteiger partial charge in [-0.05, 0) is 30.5 Å². The Hall–Kier alpha value is -2.07. The maximum atomic E-state index is 13.5. The summed E-state index contributed by atoms with van der Waals surface area (Å²) in [5.74, 6) is 0.730. The molecule has 0 spiro atoms. The van der Waals surface area contributed by atoms with Gasteiger partial charge in [-0.25, -0.2) is 13.4 Å². The number of anilines is 2. The Morgan fingerprint density at radius 2 is 1.97 bits per heavy atom. The third kappa shape index (κ3) is 5.11. The SMILES string of the molecule is CS(=O)(=O)c1ccc(N(C(=O)CCC2CCCC2)c2nccnc2[C@@H]2COCO2)cc1Cl. The monoisotopic (exact) mass is 479 g/mol. The molecule has 172 valence electrons. The Labute approximate surface area is 192 Å². The van der Waals surface area contributed by atoms with Crippen molar-refractivity contribution in [2.75, 3.05) is 24.6 Å². The van der Waals surface area contributed by atoms with Crippen molar-refractivity contribution in [3.8, 4) is 0 Å². The van der Waals surface area contributed by atoms with Gasteiger partial charge in [-0.3, -0.25) is 14.7 Å². The molecule has 0 N–H and O–H groups in total. The zero-order valence-corrected chi connectivity index (χ0v) is 19.4. The van der Waals surface area contributed by atoms with Crippen LogP contribution < -0.4 is 4.90 Å². The summed E-state index contributed by atoms with van der Waals surface area (Å²) < 4.78 is 34.9. The van der Waals surface area contributed by atoms with E-state index >= 15 is 0 Å². The first-order valence-corrected chi connectivity index (χ1v) is 12.9. The van der Waals surface area contributed by atoms with Gasteiger partial charge in [-0.2, -0.15) is 0 Å². The van der Waals surface area contributed by atoms with Gasteiger partial charge in [0.25, 0.3) is 0 Å². The van der Waals surface area contributed by atoms with Gasteiger partial charge in [0.15, 0.2) is 15.7 Å².